The molecule has 5 rings (SSSR count). The van der Waals surface area contributed by atoms with E-state index in [1.54, 1.807) is 48.9 Å². The molecule has 2 aromatic carbocycles. The lowest BCUT2D eigenvalue weighted by Crippen LogP contribution is -2.16. The molecule has 0 saturated heterocycles. The number of nitrogens with zero attached hydrogens (tertiary/aromatic N) is 5. The number of nitrogens with one attached hydrogen (secondary N) is 1. The summed E-state index contributed by atoms with van der Waals surface area (Å²) < 4.78 is 49.4. The highest BCUT2D eigenvalue weighted by molar-refractivity contribution is 6.30. The summed E-state index contributed by atoms with van der Waals surface area (Å²) in [6.45, 7) is 3.93. The fourth-order valence-corrected chi connectivity index (χ4v) is 4.43. The number of carbonyl (C=O) groups is 1. The van der Waals surface area contributed by atoms with Gasteiger partial charge in [0.05, 0.1) is 36.4 Å². The number of alkyl halides is 3. The van der Waals surface area contributed by atoms with Gasteiger partial charge in [0.2, 0.25) is 0 Å². The third kappa shape index (κ3) is 5.30. The fourth-order valence-electron chi connectivity index (χ4n) is 4.21. The number of carbonyl (C=O) groups excluding carboxylic acids is 1. The third-order valence-electron chi connectivity index (χ3n) is 6.18. The second kappa shape index (κ2) is 10.1. The van der Waals surface area contributed by atoms with Crippen LogP contribution in [0.25, 0.3) is 16.9 Å². The number of aryl methyl sites for hydroxylation is 1. The Morgan fingerprint density at radius 2 is 1.79 bits per heavy atom. The van der Waals surface area contributed by atoms with Crippen molar-refractivity contribution in [3.8, 4) is 17.0 Å². The highest BCUT2D eigenvalue weighted by atomic mass is 35.5. The quantitative estimate of drug-likeness (QED) is 0.270. The summed E-state index contributed by atoms with van der Waals surface area (Å²) >= 11 is 6.08. The maximum absolute atomic E-state index is 14.0. The van der Waals surface area contributed by atoms with Gasteiger partial charge in [-0.3, -0.25) is 9.48 Å². The summed E-state index contributed by atoms with van der Waals surface area (Å²) in [6, 6.07) is 15.9. The van der Waals surface area contributed by atoms with E-state index in [0.29, 0.717) is 44.5 Å². The zero-order chi connectivity index (χ0) is 27.9. The number of anilines is 1. The second-order valence-corrected chi connectivity index (χ2v) is 9.28. The molecule has 3 aromatic heterocycles. The van der Waals surface area contributed by atoms with E-state index >= 15 is 0 Å². The average Bonchev–Trinajstić information content (AvgIpc) is 3.44. The van der Waals surface area contributed by atoms with Gasteiger partial charge >= 0.3 is 6.18 Å². The van der Waals surface area contributed by atoms with Gasteiger partial charge in [-0.05, 0) is 61.9 Å². The Labute approximate surface area is 226 Å². The fraction of sp³-hybridized carbons (Fsp3) is 0.185. The van der Waals surface area contributed by atoms with Gasteiger partial charge in [-0.1, -0.05) is 23.7 Å². The average molecular weight is 555 g/mol. The number of hydrogen-bond donors (Lipinski definition) is 1. The van der Waals surface area contributed by atoms with Gasteiger partial charge in [-0.25, -0.2) is 9.50 Å². The molecule has 0 spiro atoms. The van der Waals surface area contributed by atoms with Gasteiger partial charge in [-0.15, -0.1) is 0 Å². The molecule has 0 radical (unpaired) electrons. The van der Waals surface area contributed by atoms with Gasteiger partial charge in [0.25, 0.3) is 5.91 Å². The summed E-state index contributed by atoms with van der Waals surface area (Å²) in [5.41, 5.74) is 1.72. The summed E-state index contributed by atoms with van der Waals surface area (Å²) in [5.74, 6) is -0.131. The zero-order valence-electron chi connectivity index (χ0n) is 21.0. The lowest BCUT2D eigenvalue weighted by molar-refractivity contribution is -0.142. The zero-order valence-corrected chi connectivity index (χ0v) is 21.8. The molecule has 1 amide bonds. The highest BCUT2D eigenvalue weighted by Gasteiger charge is 2.35. The molecule has 3 heterocycles. The summed E-state index contributed by atoms with van der Waals surface area (Å²) in [4.78, 5) is 17.5. The van der Waals surface area contributed by atoms with Gasteiger partial charge in [0.1, 0.15) is 5.75 Å². The number of hydrogen-bond acceptors (Lipinski definition) is 5. The van der Waals surface area contributed by atoms with Gasteiger partial charge in [0, 0.05) is 16.7 Å². The Balaban J connectivity index is 1.47. The normalized spacial score (nSPS) is 11.7. The molecule has 0 saturated carbocycles. The van der Waals surface area contributed by atoms with Crippen molar-refractivity contribution in [3.05, 3.63) is 94.0 Å². The van der Waals surface area contributed by atoms with Crippen LogP contribution in [0.4, 0.5) is 18.9 Å². The van der Waals surface area contributed by atoms with Crippen molar-refractivity contribution in [1.82, 2.24) is 24.4 Å². The van der Waals surface area contributed by atoms with E-state index in [1.165, 1.54) is 13.2 Å². The molecule has 0 aliphatic heterocycles. The lowest BCUT2D eigenvalue weighted by atomic mass is 10.1. The first kappa shape index (κ1) is 26.2. The Kier molecular flexibility index (Phi) is 6.77. The van der Waals surface area contributed by atoms with Crippen molar-refractivity contribution in [2.45, 2.75) is 26.6 Å². The predicted molar refractivity (Wildman–Crippen MR) is 140 cm³/mol. The van der Waals surface area contributed by atoms with E-state index in [0.717, 1.165) is 11.6 Å². The van der Waals surface area contributed by atoms with Crippen molar-refractivity contribution in [2.75, 3.05) is 12.4 Å². The van der Waals surface area contributed by atoms with Gasteiger partial charge in [-0.2, -0.15) is 23.4 Å². The van der Waals surface area contributed by atoms with Crippen molar-refractivity contribution in [1.29, 1.82) is 0 Å². The third-order valence-corrected chi connectivity index (χ3v) is 6.41. The predicted octanol–water partition coefficient (Wildman–Crippen LogP) is 6.19. The molecule has 200 valence electrons. The van der Waals surface area contributed by atoms with E-state index in [1.807, 2.05) is 18.2 Å². The van der Waals surface area contributed by atoms with Crippen molar-refractivity contribution >= 4 is 28.8 Å². The molecule has 8 nitrogen and oxygen atoms in total. The Morgan fingerprint density at radius 1 is 1.05 bits per heavy atom. The first-order valence-corrected chi connectivity index (χ1v) is 12.1. The number of halogens is 4. The molecule has 0 fully saturated rings. The smallest absolute Gasteiger partial charge is 0.433 e. The molecule has 1 N–H and O–H groups in total. The Hall–Kier alpha value is -4.38. The topological polar surface area (TPSA) is 86.3 Å². The summed E-state index contributed by atoms with van der Waals surface area (Å²) in [6.07, 6.45) is -4.74. The van der Waals surface area contributed by atoms with Gasteiger partial charge < -0.3 is 10.1 Å². The minimum absolute atomic E-state index is 0.0818. The maximum Gasteiger partial charge on any atom is 0.433 e. The number of fused-ring (bicyclic) bond motifs is 1. The first-order valence-electron chi connectivity index (χ1n) is 11.8. The van der Waals surface area contributed by atoms with Crippen molar-refractivity contribution in [2.24, 2.45) is 0 Å². The summed E-state index contributed by atoms with van der Waals surface area (Å²) in [7, 11) is 1.49. The second-order valence-electron chi connectivity index (χ2n) is 8.84. The van der Waals surface area contributed by atoms with Gasteiger partial charge in [0.15, 0.2) is 17.0 Å². The number of amides is 1. The highest BCUT2D eigenvalue weighted by Crippen LogP contribution is 2.33. The van der Waals surface area contributed by atoms with E-state index in [4.69, 9.17) is 16.3 Å². The van der Waals surface area contributed by atoms with E-state index in [9.17, 15) is 18.0 Å². The molecular formula is C27H22ClF3N6O2. The Bertz CT molecular complexity index is 1690. The molecule has 0 aliphatic rings. The molecule has 0 aliphatic carbocycles. The largest absolute Gasteiger partial charge is 0.497 e. The molecule has 39 heavy (non-hydrogen) atoms. The monoisotopic (exact) mass is 554 g/mol. The van der Waals surface area contributed by atoms with Crippen molar-refractivity contribution < 1.29 is 22.7 Å². The van der Waals surface area contributed by atoms with Crippen LogP contribution in [0, 0.1) is 13.8 Å². The maximum atomic E-state index is 14.0. The first-order chi connectivity index (χ1) is 18.5. The molecule has 0 unspecified atom stereocenters. The van der Waals surface area contributed by atoms with Crippen LogP contribution in [-0.4, -0.2) is 37.4 Å². The van der Waals surface area contributed by atoms with E-state index in [2.05, 4.69) is 20.5 Å². The van der Waals surface area contributed by atoms with Crippen LogP contribution in [0.3, 0.4) is 0 Å². The molecule has 0 bridgehead atoms. The Morgan fingerprint density at radius 3 is 2.46 bits per heavy atom. The molecular weight excluding hydrogens is 533 g/mol. The van der Waals surface area contributed by atoms with Crippen molar-refractivity contribution in [3.63, 3.8) is 0 Å². The standard InChI is InChI=1S/C27H22ClF3N6O2/c1-15-25(16(2)36(34-15)14-17-5-4-6-19(28)11-17)33-26(38)22-13-24-32-21(18-7-9-20(39-3)10-8-18)12-23(27(29,30)31)37(24)35-22/h4-13H,14H2,1-3H3,(H,33,38). The number of methoxy groups -OCH3 is 1. The molecule has 0 atom stereocenters. The summed E-state index contributed by atoms with van der Waals surface area (Å²) in [5, 5.41) is 11.8. The minimum Gasteiger partial charge on any atom is -0.497 e. The van der Waals surface area contributed by atoms with Crippen LogP contribution >= 0.6 is 11.6 Å². The molecule has 12 heteroatoms. The lowest BCUT2D eigenvalue weighted by Gasteiger charge is -2.11. The molecule has 5 aromatic rings. The SMILES string of the molecule is COc1ccc(-c2cc(C(F)(F)F)n3nc(C(=O)Nc4c(C)nn(Cc5cccc(Cl)c5)c4C)cc3n2)cc1. The number of benzene rings is 2. The van der Waals surface area contributed by atoms with Crippen LogP contribution in [0.15, 0.2) is 60.7 Å². The number of rotatable bonds is 6. The minimum atomic E-state index is -4.74. The van der Waals surface area contributed by atoms with Crippen LogP contribution in [0.5, 0.6) is 5.75 Å². The van der Waals surface area contributed by atoms with E-state index in [-0.39, 0.29) is 17.0 Å². The van der Waals surface area contributed by atoms with E-state index < -0.39 is 17.8 Å². The van der Waals surface area contributed by atoms with Crippen LogP contribution < -0.4 is 10.1 Å². The number of aromatic nitrogens is 5. The number of ether oxygens (including phenoxy) is 1. The van der Waals surface area contributed by atoms with Crippen LogP contribution in [-0.2, 0) is 12.7 Å². The van der Waals surface area contributed by atoms with Crippen LogP contribution in [0.2, 0.25) is 5.02 Å². The van der Waals surface area contributed by atoms with Crippen LogP contribution in [0.1, 0.15) is 33.1 Å².